The first-order chi connectivity index (χ1) is 9.78. The molecule has 1 heterocycles. The highest BCUT2D eigenvalue weighted by Crippen LogP contribution is 2.18. The predicted octanol–water partition coefficient (Wildman–Crippen LogP) is 3.00. The zero-order valence-corrected chi connectivity index (χ0v) is 12.4. The van der Waals surface area contributed by atoms with Crippen LogP contribution in [0.5, 0.6) is 0 Å². The molecule has 1 aromatic heterocycles. The van der Waals surface area contributed by atoms with Gasteiger partial charge in [0.25, 0.3) is 0 Å². The number of ether oxygens (including phenoxy) is 1. The Bertz CT molecular complexity index is 496. The van der Waals surface area contributed by atoms with Crippen LogP contribution in [0.1, 0.15) is 31.9 Å². The highest BCUT2D eigenvalue weighted by atomic mass is 32.1. The van der Waals surface area contributed by atoms with Crippen LogP contribution in [0.25, 0.3) is 0 Å². The summed E-state index contributed by atoms with van der Waals surface area (Å²) < 4.78 is 4.88. The fraction of sp³-hybridized carbons (Fsp3) is 0.500. The molecule has 1 atom stereocenters. The smallest absolute Gasteiger partial charge is 0.311 e. The van der Waals surface area contributed by atoms with Crippen LogP contribution in [-0.4, -0.2) is 23.8 Å². The van der Waals surface area contributed by atoms with E-state index in [2.05, 4.69) is 27.7 Å². The maximum Gasteiger partial charge on any atom is 0.311 e. The van der Waals surface area contributed by atoms with Gasteiger partial charge in [0.15, 0.2) is 0 Å². The fourth-order valence-electron chi connectivity index (χ4n) is 1.95. The summed E-state index contributed by atoms with van der Waals surface area (Å²) in [5.74, 6) is 0.258. The molecule has 1 N–H and O–H groups in total. The van der Waals surface area contributed by atoms with Gasteiger partial charge in [-0.25, -0.2) is 4.98 Å². The standard InChI is InChI=1S/C14H19N3O2S/c1-2-19-13(18)8-12-10-20-14(16-12)17-15-9-11-6-4-3-5-7-11/h3-4,9-11H,2,5-8H2,1H3,(H,16,17)/b15-9-. The number of hydrazone groups is 1. The maximum atomic E-state index is 11.3. The number of hydrogen-bond acceptors (Lipinski definition) is 6. The minimum atomic E-state index is -0.248. The van der Waals surface area contributed by atoms with Crippen molar-refractivity contribution in [2.24, 2.45) is 11.0 Å². The molecule has 1 aliphatic rings. The average molecular weight is 293 g/mol. The van der Waals surface area contributed by atoms with E-state index in [4.69, 9.17) is 4.74 Å². The number of rotatable bonds is 6. The Morgan fingerprint density at radius 3 is 3.30 bits per heavy atom. The summed E-state index contributed by atoms with van der Waals surface area (Å²) in [6.07, 6.45) is 9.88. The van der Waals surface area contributed by atoms with E-state index in [-0.39, 0.29) is 12.4 Å². The van der Waals surface area contributed by atoms with E-state index in [0.29, 0.717) is 23.4 Å². The molecule has 1 aliphatic carbocycles. The predicted molar refractivity (Wildman–Crippen MR) is 81.0 cm³/mol. The van der Waals surface area contributed by atoms with Crippen LogP contribution in [0.4, 0.5) is 5.13 Å². The summed E-state index contributed by atoms with van der Waals surface area (Å²) in [6.45, 7) is 2.19. The van der Waals surface area contributed by atoms with Gasteiger partial charge >= 0.3 is 5.97 Å². The van der Waals surface area contributed by atoms with E-state index in [9.17, 15) is 4.79 Å². The lowest BCUT2D eigenvalue weighted by atomic mass is 9.96. The normalized spacial score (nSPS) is 18.4. The summed E-state index contributed by atoms with van der Waals surface area (Å²) in [7, 11) is 0. The second kappa shape index (κ2) is 7.79. The Labute approximate surface area is 122 Å². The topological polar surface area (TPSA) is 63.6 Å². The third-order valence-electron chi connectivity index (χ3n) is 2.94. The van der Waals surface area contributed by atoms with Gasteiger partial charge in [0.1, 0.15) is 0 Å². The number of anilines is 1. The number of hydrogen-bond donors (Lipinski definition) is 1. The van der Waals surface area contributed by atoms with Gasteiger partial charge < -0.3 is 4.74 Å². The van der Waals surface area contributed by atoms with Crippen molar-refractivity contribution in [1.82, 2.24) is 4.98 Å². The van der Waals surface area contributed by atoms with Crippen molar-refractivity contribution >= 4 is 28.7 Å². The van der Waals surface area contributed by atoms with E-state index in [1.807, 2.05) is 11.6 Å². The number of esters is 1. The first kappa shape index (κ1) is 14.7. The number of nitrogens with zero attached hydrogens (tertiary/aromatic N) is 2. The number of aromatic nitrogens is 1. The van der Waals surface area contributed by atoms with Crippen LogP contribution in [-0.2, 0) is 16.0 Å². The third-order valence-corrected chi connectivity index (χ3v) is 3.73. The number of carbonyl (C=O) groups is 1. The zero-order valence-electron chi connectivity index (χ0n) is 11.5. The lowest BCUT2D eigenvalue weighted by molar-refractivity contribution is -0.142. The van der Waals surface area contributed by atoms with Crippen molar-refractivity contribution in [2.45, 2.75) is 32.6 Å². The van der Waals surface area contributed by atoms with Crippen LogP contribution >= 0.6 is 11.3 Å². The minimum Gasteiger partial charge on any atom is -0.466 e. The van der Waals surface area contributed by atoms with Crippen LogP contribution in [0.15, 0.2) is 22.6 Å². The monoisotopic (exact) mass is 293 g/mol. The average Bonchev–Trinajstić information content (AvgIpc) is 2.88. The molecule has 0 amide bonds. The number of nitrogens with one attached hydrogen (secondary N) is 1. The van der Waals surface area contributed by atoms with Crippen molar-refractivity contribution < 1.29 is 9.53 Å². The number of thiazole rings is 1. The van der Waals surface area contributed by atoms with Crippen molar-refractivity contribution in [3.63, 3.8) is 0 Å². The second-order valence-electron chi connectivity index (χ2n) is 4.56. The highest BCUT2D eigenvalue weighted by molar-refractivity contribution is 7.13. The number of allylic oxidation sites excluding steroid dienone is 2. The SMILES string of the molecule is CCOC(=O)Cc1csc(N/N=C\C2CC=CCC2)n1. The summed E-state index contributed by atoms with van der Waals surface area (Å²) >= 11 is 1.44. The Kier molecular flexibility index (Phi) is 5.73. The van der Waals surface area contributed by atoms with E-state index in [1.165, 1.54) is 11.3 Å². The van der Waals surface area contributed by atoms with Crippen molar-refractivity contribution in [1.29, 1.82) is 0 Å². The van der Waals surface area contributed by atoms with Gasteiger partial charge in [-0.15, -0.1) is 11.3 Å². The quantitative estimate of drug-likeness (QED) is 0.379. The first-order valence-corrected chi connectivity index (χ1v) is 7.70. The van der Waals surface area contributed by atoms with E-state index in [1.54, 1.807) is 6.92 Å². The fourth-order valence-corrected chi connectivity index (χ4v) is 2.61. The van der Waals surface area contributed by atoms with Crippen molar-refractivity contribution in [3.8, 4) is 0 Å². The van der Waals surface area contributed by atoms with E-state index < -0.39 is 0 Å². The largest absolute Gasteiger partial charge is 0.466 e. The molecular weight excluding hydrogens is 274 g/mol. The molecule has 0 radical (unpaired) electrons. The molecule has 2 rings (SSSR count). The van der Waals surface area contributed by atoms with E-state index >= 15 is 0 Å². The van der Waals surface area contributed by atoms with Gasteiger partial charge in [-0.1, -0.05) is 12.2 Å². The molecule has 0 aromatic carbocycles. The molecule has 0 fully saturated rings. The Morgan fingerprint density at radius 1 is 1.65 bits per heavy atom. The molecule has 1 unspecified atom stereocenters. The molecule has 5 nitrogen and oxygen atoms in total. The zero-order chi connectivity index (χ0) is 14.2. The van der Waals surface area contributed by atoms with Crippen LogP contribution in [0.2, 0.25) is 0 Å². The Morgan fingerprint density at radius 2 is 2.55 bits per heavy atom. The summed E-state index contributed by atoms with van der Waals surface area (Å²) in [6, 6.07) is 0. The lowest BCUT2D eigenvalue weighted by Crippen LogP contribution is -2.07. The number of carbonyl (C=O) groups excluding carboxylic acids is 1. The molecule has 6 heteroatoms. The molecule has 0 spiro atoms. The second-order valence-corrected chi connectivity index (χ2v) is 5.42. The van der Waals surface area contributed by atoms with Crippen LogP contribution in [0, 0.1) is 5.92 Å². The Balaban J connectivity index is 1.79. The van der Waals surface area contributed by atoms with Gasteiger partial charge in [-0.3, -0.25) is 10.2 Å². The lowest BCUT2D eigenvalue weighted by Gasteiger charge is -2.11. The van der Waals surface area contributed by atoms with Gasteiger partial charge in [-0.05, 0) is 32.1 Å². The van der Waals surface area contributed by atoms with Gasteiger partial charge in [0.05, 0.1) is 18.7 Å². The van der Waals surface area contributed by atoms with Gasteiger partial charge in [0.2, 0.25) is 5.13 Å². The first-order valence-electron chi connectivity index (χ1n) is 6.82. The Hall–Kier alpha value is -1.69. The molecule has 20 heavy (non-hydrogen) atoms. The maximum absolute atomic E-state index is 11.3. The van der Waals surface area contributed by atoms with Gasteiger partial charge in [-0.2, -0.15) is 5.10 Å². The summed E-state index contributed by atoms with van der Waals surface area (Å²) in [5.41, 5.74) is 3.63. The molecule has 0 bridgehead atoms. The molecule has 0 aliphatic heterocycles. The summed E-state index contributed by atoms with van der Waals surface area (Å²) in [4.78, 5) is 15.6. The highest BCUT2D eigenvalue weighted by Gasteiger charge is 2.09. The van der Waals surface area contributed by atoms with Crippen LogP contribution in [0.3, 0.4) is 0 Å². The van der Waals surface area contributed by atoms with Gasteiger partial charge in [0, 0.05) is 11.6 Å². The van der Waals surface area contributed by atoms with Crippen molar-refractivity contribution in [2.75, 3.05) is 12.0 Å². The summed E-state index contributed by atoms with van der Waals surface area (Å²) in [5, 5.41) is 6.76. The molecular formula is C14H19N3O2S. The van der Waals surface area contributed by atoms with E-state index in [0.717, 1.165) is 19.3 Å². The van der Waals surface area contributed by atoms with Crippen LogP contribution < -0.4 is 5.43 Å². The molecule has 1 aromatic rings. The molecule has 0 saturated carbocycles. The van der Waals surface area contributed by atoms with Crippen molar-refractivity contribution in [3.05, 3.63) is 23.2 Å². The third kappa shape index (κ3) is 4.77. The minimum absolute atomic E-state index is 0.211. The molecule has 108 valence electrons. The molecule has 0 saturated heterocycles.